The first-order chi connectivity index (χ1) is 44.9. The Morgan fingerprint density at radius 3 is 0.957 bits per heavy atom. The lowest BCUT2D eigenvalue weighted by Crippen LogP contribution is -2.68. The predicted octanol–water partition coefficient (Wildman–Crippen LogP) is -11.5. The van der Waals surface area contributed by atoms with E-state index in [1.165, 1.54) is 12.1 Å². The van der Waals surface area contributed by atoms with Crippen LogP contribution in [-0.2, 0) is 71.1 Å². The molecule has 39 heteroatoms. The molecule has 8 fully saturated rings. The first-order valence-electron chi connectivity index (χ1n) is 29.9. The van der Waals surface area contributed by atoms with Crippen molar-refractivity contribution >= 4 is 5.69 Å². The highest BCUT2D eigenvalue weighted by atomic mass is 16.8. The van der Waals surface area contributed by atoms with Crippen LogP contribution < -0.4 is 4.74 Å². The number of hydrogen-bond acceptors (Lipinski definition) is 38. The number of nitro groups is 1. The van der Waals surface area contributed by atoms with Crippen molar-refractivity contribution in [2.75, 3.05) is 46.2 Å². The third kappa shape index (κ3) is 15.1. The van der Waals surface area contributed by atoms with E-state index in [1.807, 2.05) is 0 Å². The molecule has 0 radical (unpaired) electrons. The zero-order valence-corrected chi connectivity index (χ0v) is 49.2. The molecule has 1 unspecified atom stereocenters. The molecule has 39 nitrogen and oxygen atoms in total. The molecule has 2 aromatic rings. The van der Waals surface area contributed by atoms with Crippen molar-refractivity contribution in [3.63, 3.8) is 0 Å². The Labute approximate surface area is 530 Å². The highest BCUT2D eigenvalue weighted by molar-refractivity contribution is 5.36. The van der Waals surface area contributed by atoms with Crippen molar-refractivity contribution in [1.82, 2.24) is 0 Å². The summed E-state index contributed by atoms with van der Waals surface area (Å²) in [6.45, 7) is -6.20. The van der Waals surface area contributed by atoms with Crippen molar-refractivity contribution < 1.29 is 183 Å². The van der Waals surface area contributed by atoms with Gasteiger partial charge in [0.2, 0.25) is 6.29 Å². The highest BCUT2D eigenvalue weighted by Gasteiger charge is 2.59. The van der Waals surface area contributed by atoms with E-state index in [0.717, 1.165) is 12.1 Å². The Kier molecular flexibility index (Phi) is 24.5. The van der Waals surface area contributed by atoms with E-state index in [1.54, 1.807) is 30.3 Å². The first kappa shape index (κ1) is 73.0. The molecule has 2 aromatic carbocycles. The van der Waals surface area contributed by atoms with Gasteiger partial charge in [0, 0.05) is 17.7 Å². The molecule has 20 N–H and O–H groups in total. The highest BCUT2D eigenvalue weighted by Crippen LogP contribution is 2.40. The van der Waals surface area contributed by atoms with Crippen molar-refractivity contribution in [3.05, 3.63) is 70.3 Å². The number of aliphatic hydroxyl groups excluding tert-OH is 20. The zero-order chi connectivity index (χ0) is 67.7. The summed E-state index contributed by atoms with van der Waals surface area (Å²) in [5, 5.41) is 231. The van der Waals surface area contributed by atoms with Gasteiger partial charge in [0.05, 0.1) is 51.2 Å². The maximum Gasteiger partial charge on any atom is 0.269 e. The molecule has 0 saturated carbocycles. The molecular weight excluding hydrogens is 1280 g/mol. The van der Waals surface area contributed by atoms with Crippen LogP contribution in [0.25, 0.3) is 0 Å². The van der Waals surface area contributed by atoms with E-state index in [9.17, 15) is 112 Å². The minimum absolute atomic E-state index is 0.0421. The van der Waals surface area contributed by atoms with E-state index >= 15 is 0 Å². The number of non-ortho nitro benzene ring substituents is 1. The van der Waals surface area contributed by atoms with E-state index in [4.69, 9.17) is 75.8 Å². The molecular formula is C55H79NO38. The lowest BCUT2D eigenvalue weighted by molar-refractivity contribution is -0.400. The Bertz CT molecular complexity index is 2670. The number of benzene rings is 2. The van der Waals surface area contributed by atoms with Gasteiger partial charge in [-0.2, -0.15) is 0 Å². The SMILES string of the molecule is O=[N+]([O-])c1ccc(O[C@H]2O[C@H](CO)[C@@H](O[C@H]3O[C@H](CO)[C@@H](O[C@H]4O[C@H](CO)[C@@H](O[C@H]5O[C@H](CO)[C@@H](O[C@H]6O[C@H](CO)[C@@H](O[C@H]7O[C@H](CO)[C@@H](O[C@H]8O[C@@H]9COC(c%10ccccc%10)O[C@H]9[C@H](O)[C@H]8O)[C@H](O)[C@H]7O)[C@H](O)[C@H]6O)[C@H](O)[C@H]5O)[C@H](O)[C@H]4O)[C@H](O)[C@H]3O)[C@H](O)[C@H]2O)cc1. The third-order valence-corrected chi connectivity index (χ3v) is 17.4. The van der Waals surface area contributed by atoms with Crippen molar-refractivity contribution in [1.29, 1.82) is 0 Å². The van der Waals surface area contributed by atoms with Crippen LogP contribution in [0.4, 0.5) is 5.69 Å². The van der Waals surface area contributed by atoms with E-state index < -0.39 is 266 Å². The second-order valence-corrected chi connectivity index (χ2v) is 23.4. The molecule has 8 aliphatic heterocycles. The number of hydrogen-bond donors (Lipinski definition) is 20. The Morgan fingerprint density at radius 1 is 0.362 bits per heavy atom. The Hall–Kier alpha value is -3.76. The van der Waals surface area contributed by atoms with Gasteiger partial charge in [0.15, 0.2) is 44.0 Å². The normalized spacial score (nSPS) is 47.7. The molecule has 10 rings (SSSR count). The maximum atomic E-state index is 11.4. The van der Waals surface area contributed by atoms with Crippen LogP contribution in [0.5, 0.6) is 5.75 Å². The summed E-state index contributed by atoms with van der Waals surface area (Å²) in [4.78, 5) is 10.4. The minimum Gasteiger partial charge on any atom is -0.462 e. The summed E-state index contributed by atoms with van der Waals surface area (Å²) in [6, 6.07) is 13.3. The van der Waals surface area contributed by atoms with Gasteiger partial charge in [0.25, 0.3) is 5.69 Å². The number of nitrogens with zero attached hydrogens (tertiary/aromatic N) is 1. The quantitative estimate of drug-likeness (QED) is 0.0384. The van der Waals surface area contributed by atoms with Crippen LogP contribution in [0.15, 0.2) is 54.6 Å². The van der Waals surface area contributed by atoms with Crippen LogP contribution in [-0.4, -0.2) is 368 Å². The molecule has 532 valence electrons. The van der Waals surface area contributed by atoms with Crippen LogP contribution in [0.1, 0.15) is 11.9 Å². The molecule has 0 spiro atoms. The van der Waals surface area contributed by atoms with E-state index in [0.29, 0.717) is 5.56 Å². The zero-order valence-electron chi connectivity index (χ0n) is 49.2. The molecule has 0 amide bonds. The van der Waals surface area contributed by atoms with Crippen LogP contribution >= 0.6 is 0 Å². The molecule has 0 aromatic heterocycles. The molecule has 0 aliphatic carbocycles. The standard InChI is InChI=1S/C55H79NO38/c57-10-20-41(27(63)34(70)49(81-20)80-19-8-6-18(7-9-19)56(77)78)89-50-35(71)28(64)42(21(11-58)82-50)90-51-36(72)29(65)43(22(12-59)83-51)91-52-37(73)30(66)44(23(13-60)84-52)92-53-38(74)31(67)45(24(14-61)85-53)93-54-39(75)32(68)46(25(15-62)86-54)94-55-40(76)33(69)47-26(87-55)16-79-48(88-47)17-4-2-1-3-5-17/h1-9,20-55,57-76H,10-16H2/t20-,21-,22-,23-,24-,25-,26-,27-,28-,29-,30-,31-,32-,33-,34-,35-,36-,37-,38-,39-,40-,41-,42-,43-,44-,45-,46-,47-,48?,49+,50-,51-,52-,53-,54-,55-/m1/s1. The lowest BCUT2D eigenvalue weighted by atomic mass is 9.95. The Balaban J connectivity index is 0.713. The van der Waals surface area contributed by atoms with Gasteiger partial charge in [-0.1, -0.05) is 30.3 Å². The van der Waals surface area contributed by atoms with Gasteiger partial charge in [0.1, 0.15) is 177 Å². The van der Waals surface area contributed by atoms with E-state index in [-0.39, 0.29) is 18.0 Å². The fourth-order valence-corrected chi connectivity index (χ4v) is 12.2. The number of fused-ring (bicyclic) bond motifs is 1. The van der Waals surface area contributed by atoms with E-state index in [2.05, 4.69) is 0 Å². The van der Waals surface area contributed by atoms with Gasteiger partial charge >= 0.3 is 0 Å². The molecule has 94 heavy (non-hydrogen) atoms. The van der Waals surface area contributed by atoms with Crippen LogP contribution in [0, 0.1) is 10.1 Å². The summed E-state index contributed by atoms with van der Waals surface area (Å²) in [7, 11) is 0. The topological polar surface area (TPSA) is 595 Å². The smallest absolute Gasteiger partial charge is 0.269 e. The second kappa shape index (κ2) is 31.6. The molecule has 8 aliphatic rings. The first-order valence-corrected chi connectivity index (χ1v) is 29.9. The Morgan fingerprint density at radius 2 is 0.649 bits per heavy atom. The van der Waals surface area contributed by atoms with Gasteiger partial charge in [-0.05, 0) is 12.1 Å². The molecule has 8 heterocycles. The van der Waals surface area contributed by atoms with Gasteiger partial charge < -0.3 is 178 Å². The van der Waals surface area contributed by atoms with Gasteiger partial charge in [-0.15, -0.1) is 0 Å². The average Bonchev–Trinajstić information content (AvgIpc) is 0.818. The van der Waals surface area contributed by atoms with Crippen molar-refractivity contribution in [2.45, 2.75) is 221 Å². The average molecular weight is 1360 g/mol. The predicted molar refractivity (Wildman–Crippen MR) is 290 cm³/mol. The molecule has 0 bridgehead atoms. The number of ether oxygens (including phenoxy) is 16. The summed E-state index contributed by atoms with van der Waals surface area (Å²) in [5.41, 5.74) is 0.340. The monoisotopic (exact) mass is 1360 g/mol. The second-order valence-electron chi connectivity index (χ2n) is 23.4. The van der Waals surface area contributed by atoms with Crippen LogP contribution in [0.3, 0.4) is 0 Å². The fourth-order valence-electron chi connectivity index (χ4n) is 12.2. The van der Waals surface area contributed by atoms with Gasteiger partial charge in [-0.3, -0.25) is 10.1 Å². The fraction of sp³-hybridized carbons (Fsp3) is 0.782. The minimum atomic E-state index is -2.24. The largest absolute Gasteiger partial charge is 0.462 e. The molecule has 36 atom stereocenters. The van der Waals surface area contributed by atoms with Crippen molar-refractivity contribution in [3.8, 4) is 5.75 Å². The maximum absolute atomic E-state index is 11.4. The summed E-state index contributed by atoms with van der Waals surface area (Å²) >= 11 is 0. The molecule has 8 saturated heterocycles. The van der Waals surface area contributed by atoms with Gasteiger partial charge in [-0.25, -0.2) is 0 Å². The number of nitro benzene ring substituents is 1. The number of aliphatic hydroxyl groups is 20. The third-order valence-electron chi connectivity index (χ3n) is 17.4. The summed E-state index contributed by atoms with van der Waals surface area (Å²) in [5.74, 6) is -0.0421. The summed E-state index contributed by atoms with van der Waals surface area (Å²) in [6.07, 6.45) is -66.7. The lowest BCUT2D eigenvalue weighted by Gasteiger charge is -2.50. The number of rotatable bonds is 22. The van der Waals surface area contributed by atoms with Crippen LogP contribution in [0.2, 0.25) is 0 Å². The van der Waals surface area contributed by atoms with Crippen molar-refractivity contribution in [2.24, 2.45) is 0 Å². The summed E-state index contributed by atoms with van der Waals surface area (Å²) < 4.78 is 91.6.